The second kappa shape index (κ2) is 7.53. The van der Waals surface area contributed by atoms with Gasteiger partial charge in [0.15, 0.2) is 0 Å². The number of rotatable bonds is 4. The fraction of sp³-hybridized carbons (Fsp3) is 0.286. The molecule has 3 aromatic rings. The van der Waals surface area contributed by atoms with Crippen LogP contribution >= 0.6 is 0 Å². The van der Waals surface area contributed by atoms with Gasteiger partial charge in [-0.1, -0.05) is 0 Å². The van der Waals surface area contributed by atoms with Crippen molar-refractivity contribution in [3.05, 3.63) is 59.9 Å². The third-order valence-corrected chi connectivity index (χ3v) is 5.40. The van der Waals surface area contributed by atoms with Crippen molar-refractivity contribution in [2.24, 2.45) is 0 Å². The minimum absolute atomic E-state index is 0.0576. The van der Waals surface area contributed by atoms with Crippen LogP contribution in [0.2, 0.25) is 0 Å². The number of hydrogen-bond acceptors (Lipinski definition) is 6. The van der Waals surface area contributed by atoms with Crippen LogP contribution in [0.5, 0.6) is 0 Å². The lowest BCUT2D eigenvalue weighted by molar-refractivity contribution is 0.157. The molecule has 0 saturated carbocycles. The van der Waals surface area contributed by atoms with Crippen molar-refractivity contribution < 1.29 is 18.3 Å². The highest BCUT2D eigenvalue weighted by Gasteiger charge is 2.37. The van der Waals surface area contributed by atoms with E-state index in [2.05, 4.69) is 26.4 Å². The molecule has 1 N–H and O–H groups in total. The summed E-state index contributed by atoms with van der Waals surface area (Å²) in [6.07, 6.45) is 1.15. The minimum Gasteiger partial charge on any atom is -0.447 e. The maximum Gasteiger partial charge on any atom is 0.410 e. The molecule has 8 nitrogen and oxygen atoms in total. The number of benzene rings is 2. The highest BCUT2D eigenvalue weighted by atomic mass is 19.1. The van der Waals surface area contributed by atoms with Gasteiger partial charge < -0.3 is 15.0 Å². The number of piperazine rings is 1. The first-order valence-corrected chi connectivity index (χ1v) is 9.90. The van der Waals surface area contributed by atoms with E-state index < -0.39 is 11.6 Å². The molecule has 0 aliphatic carbocycles. The molecule has 5 rings (SSSR count). The molecule has 1 unspecified atom stereocenters. The van der Waals surface area contributed by atoms with Crippen molar-refractivity contribution in [3.8, 4) is 5.69 Å². The molecule has 0 bridgehead atoms. The molecule has 31 heavy (non-hydrogen) atoms. The maximum atomic E-state index is 13.5. The summed E-state index contributed by atoms with van der Waals surface area (Å²) in [7, 11) is 0. The van der Waals surface area contributed by atoms with E-state index in [0.29, 0.717) is 32.2 Å². The van der Waals surface area contributed by atoms with E-state index in [0.717, 1.165) is 23.0 Å². The molecule has 2 aliphatic rings. The van der Waals surface area contributed by atoms with Gasteiger partial charge in [-0.05, 0) is 42.8 Å². The van der Waals surface area contributed by atoms with Gasteiger partial charge in [0.05, 0.1) is 11.7 Å². The predicted octanol–water partition coefficient (Wildman–Crippen LogP) is 3.24. The van der Waals surface area contributed by atoms with Crippen LogP contribution in [0.25, 0.3) is 5.69 Å². The van der Waals surface area contributed by atoms with Crippen molar-refractivity contribution in [3.63, 3.8) is 0 Å². The van der Waals surface area contributed by atoms with Crippen molar-refractivity contribution in [1.82, 2.24) is 19.7 Å². The Morgan fingerprint density at radius 3 is 2.68 bits per heavy atom. The normalized spacial score (nSPS) is 18.2. The number of anilines is 3. The highest BCUT2D eigenvalue weighted by Crippen LogP contribution is 2.28. The molecule has 0 radical (unpaired) electrons. The standard InChI is InChI=1S/C21H20F2N6O2/c1-13-4-16(9-17(5-13)27-2-3-28-19(10-27)11-31-21(28)30)25-20-24-12-29(26-20)18-7-14(22)6-15(23)8-18/h4-9,12,19H,2-3,10-11H2,1H3,(H,25,26). The summed E-state index contributed by atoms with van der Waals surface area (Å²) in [5.41, 5.74) is 3.11. The SMILES string of the molecule is Cc1cc(Nc2ncn(-c3cc(F)cc(F)c3)n2)cc(N2CCN3C(=O)OCC3C2)c1. The fourth-order valence-corrected chi connectivity index (χ4v) is 3.99. The van der Waals surface area contributed by atoms with Crippen molar-refractivity contribution in [2.45, 2.75) is 13.0 Å². The highest BCUT2D eigenvalue weighted by molar-refractivity contribution is 5.71. The Bertz CT molecular complexity index is 1130. The molecular formula is C21H20F2N6O2. The Balaban J connectivity index is 1.34. The third kappa shape index (κ3) is 3.88. The lowest BCUT2D eigenvalue weighted by Gasteiger charge is -2.37. The summed E-state index contributed by atoms with van der Waals surface area (Å²) in [5, 5.41) is 7.42. The molecule has 2 aromatic carbocycles. The molecule has 3 heterocycles. The van der Waals surface area contributed by atoms with Crippen LogP contribution in [0.4, 0.5) is 30.9 Å². The van der Waals surface area contributed by atoms with Crippen molar-refractivity contribution in [2.75, 3.05) is 36.5 Å². The van der Waals surface area contributed by atoms with Gasteiger partial charge in [0, 0.05) is 37.1 Å². The average Bonchev–Trinajstić information content (AvgIpc) is 3.33. The molecule has 2 saturated heterocycles. The number of ether oxygens (including phenoxy) is 1. The second-order valence-corrected chi connectivity index (χ2v) is 7.69. The first-order valence-electron chi connectivity index (χ1n) is 9.90. The van der Waals surface area contributed by atoms with Crippen LogP contribution in [0.15, 0.2) is 42.7 Å². The number of aryl methyl sites for hydroxylation is 1. The van der Waals surface area contributed by atoms with Gasteiger partial charge in [-0.2, -0.15) is 4.98 Å². The lowest BCUT2D eigenvalue weighted by Crippen LogP contribution is -2.52. The number of carbonyl (C=O) groups excluding carboxylic acids is 1. The number of nitrogens with one attached hydrogen (secondary N) is 1. The van der Waals surface area contributed by atoms with Crippen molar-refractivity contribution >= 4 is 23.4 Å². The summed E-state index contributed by atoms with van der Waals surface area (Å²) < 4.78 is 33.4. The maximum absolute atomic E-state index is 13.5. The smallest absolute Gasteiger partial charge is 0.410 e. The predicted molar refractivity (Wildman–Crippen MR) is 110 cm³/mol. The van der Waals surface area contributed by atoms with Crippen LogP contribution in [0, 0.1) is 18.6 Å². The van der Waals surface area contributed by atoms with Crippen LogP contribution in [0.1, 0.15) is 5.56 Å². The zero-order chi connectivity index (χ0) is 21.5. The van der Waals surface area contributed by atoms with Crippen LogP contribution in [0.3, 0.4) is 0 Å². The molecule has 0 spiro atoms. The first-order chi connectivity index (χ1) is 14.9. The number of carbonyl (C=O) groups is 1. The van der Waals surface area contributed by atoms with Gasteiger partial charge in [-0.15, -0.1) is 5.10 Å². The van der Waals surface area contributed by atoms with Crippen LogP contribution in [-0.2, 0) is 4.74 Å². The number of cyclic esters (lactones) is 1. The monoisotopic (exact) mass is 426 g/mol. The number of nitrogens with zero attached hydrogens (tertiary/aromatic N) is 5. The largest absolute Gasteiger partial charge is 0.447 e. The fourth-order valence-electron chi connectivity index (χ4n) is 3.99. The second-order valence-electron chi connectivity index (χ2n) is 7.69. The summed E-state index contributed by atoms with van der Waals surface area (Å²) in [4.78, 5) is 19.9. The van der Waals surface area contributed by atoms with Gasteiger partial charge in [0.2, 0.25) is 5.95 Å². The zero-order valence-electron chi connectivity index (χ0n) is 16.8. The van der Waals surface area contributed by atoms with Crippen LogP contribution in [-0.4, -0.2) is 58.0 Å². The van der Waals surface area contributed by atoms with Gasteiger partial charge in [-0.25, -0.2) is 18.3 Å². The van der Waals surface area contributed by atoms with E-state index in [1.807, 2.05) is 19.1 Å². The number of hydrogen-bond donors (Lipinski definition) is 1. The Hall–Kier alpha value is -3.69. The molecular weight excluding hydrogens is 406 g/mol. The Kier molecular flexibility index (Phi) is 4.68. The molecule has 10 heteroatoms. The van der Waals surface area contributed by atoms with E-state index in [1.165, 1.54) is 23.1 Å². The number of fused-ring (bicyclic) bond motifs is 1. The summed E-state index contributed by atoms with van der Waals surface area (Å²) in [6.45, 7) is 4.44. The summed E-state index contributed by atoms with van der Waals surface area (Å²) in [6, 6.07) is 9.27. The van der Waals surface area contributed by atoms with E-state index in [4.69, 9.17) is 4.74 Å². The molecule has 1 atom stereocenters. The Morgan fingerprint density at radius 1 is 1.06 bits per heavy atom. The zero-order valence-corrected chi connectivity index (χ0v) is 16.8. The quantitative estimate of drug-likeness (QED) is 0.691. The lowest BCUT2D eigenvalue weighted by atomic mass is 10.1. The Morgan fingerprint density at radius 2 is 1.87 bits per heavy atom. The van der Waals surface area contributed by atoms with Crippen LogP contribution < -0.4 is 10.2 Å². The molecule has 1 aromatic heterocycles. The van der Waals surface area contributed by atoms with Gasteiger partial charge in [0.1, 0.15) is 24.6 Å². The summed E-state index contributed by atoms with van der Waals surface area (Å²) >= 11 is 0. The molecule has 2 fully saturated rings. The molecule has 1 amide bonds. The van der Waals surface area contributed by atoms with Gasteiger partial charge >= 0.3 is 6.09 Å². The van der Waals surface area contributed by atoms with E-state index in [9.17, 15) is 13.6 Å². The minimum atomic E-state index is -0.683. The van der Waals surface area contributed by atoms with Crippen molar-refractivity contribution in [1.29, 1.82) is 0 Å². The average molecular weight is 426 g/mol. The molecule has 2 aliphatic heterocycles. The number of amides is 1. The Labute approximate surface area is 177 Å². The topological polar surface area (TPSA) is 75.5 Å². The van der Waals surface area contributed by atoms with Gasteiger partial charge in [0.25, 0.3) is 0 Å². The first kappa shape index (κ1) is 19.3. The van der Waals surface area contributed by atoms with E-state index in [1.54, 1.807) is 4.90 Å². The third-order valence-electron chi connectivity index (χ3n) is 5.40. The van der Waals surface area contributed by atoms with E-state index in [-0.39, 0.29) is 17.8 Å². The number of halogens is 2. The van der Waals surface area contributed by atoms with Gasteiger partial charge in [-0.3, -0.25) is 4.90 Å². The molecule has 160 valence electrons. The van der Waals surface area contributed by atoms with E-state index >= 15 is 0 Å². The number of aromatic nitrogens is 3. The summed E-state index contributed by atoms with van der Waals surface area (Å²) in [5.74, 6) is -1.06.